The zero-order valence-corrected chi connectivity index (χ0v) is 9.47. The van der Waals surface area contributed by atoms with Crippen molar-refractivity contribution in [2.75, 3.05) is 0 Å². The highest BCUT2D eigenvalue weighted by Gasteiger charge is 2.20. The van der Waals surface area contributed by atoms with Crippen LogP contribution in [0.3, 0.4) is 0 Å². The van der Waals surface area contributed by atoms with Crippen molar-refractivity contribution >= 4 is 11.6 Å². The molecule has 0 N–H and O–H groups in total. The molecule has 0 radical (unpaired) electrons. The van der Waals surface area contributed by atoms with Gasteiger partial charge in [0.1, 0.15) is 0 Å². The molecule has 0 aliphatic heterocycles. The fourth-order valence-electron chi connectivity index (χ4n) is 1.42. The van der Waals surface area contributed by atoms with E-state index in [1.165, 1.54) is 6.92 Å². The fourth-order valence-corrected chi connectivity index (χ4v) is 1.86. The monoisotopic (exact) mass is 218 g/mol. The number of rotatable bonds is 1. The largest absolute Gasteiger partial charge is 0.203 e. The van der Waals surface area contributed by atoms with Crippen LogP contribution in [0.5, 0.6) is 0 Å². The molecule has 0 bridgehead atoms. The molecule has 0 atom stereocenters. The topological polar surface area (TPSA) is 0 Å². The number of hydrogen-bond donors (Lipinski definition) is 0. The molecule has 78 valence electrons. The van der Waals surface area contributed by atoms with Gasteiger partial charge in [-0.1, -0.05) is 25.4 Å². The Bertz CT molecular complexity index is 341. The van der Waals surface area contributed by atoms with Crippen molar-refractivity contribution in [2.45, 2.75) is 33.6 Å². The molecule has 0 saturated heterocycles. The summed E-state index contributed by atoms with van der Waals surface area (Å²) < 4.78 is 26.9. The minimum atomic E-state index is -0.812. The summed E-state index contributed by atoms with van der Waals surface area (Å²) in [4.78, 5) is 0. The first-order chi connectivity index (χ1) is 6.37. The van der Waals surface area contributed by atoms with Crippen LogP contribution in [0.15, 0.2) is 0 Å². The maximum absolute atomic E-state index is 13.5. The van der Waals surface area contributed by atoms with Gasteiger partial charge in [-0.15, -0.1) is 0 Å². The van der Waals surface area contributed by atoms with Crippen LogP contribution in [-0.2, 0) is 0 Å². The second-order valence-electron chi connectivity index (χ2n) is 3.76. The minimum absolute atomic E-state index is 0.115. The standard InChI is InChI=1S/C11H13ClF2/c1-5(2)8-9(12)6(3)7(4)10(13)11(8)14/h5H,1-4H3. The van der Waals surface area contributed by atoms with Gasteiger partial charge in [-0.05, 0) is 30.9 Å². The first kappa shape index (κ1) is 11.4. The molecule has 14 heavy (non-hydrogen) atoms. The van der Waals surface area contributed by atoms with Gasteiger partial charge in [-0.2, -0.15) is 0 Å². The molecule has 0 aliphatic carbocycles. The van der Waals surface area contributed by atoms with Gasteiger partial charge < -0.3 is 0 Å². The highest BCUT2D eigenvalue weighted by atomic mass is 35.5. The first-order valence-electron chi connectivity index (χ1n) is 4.51. The van der Waals surface area contributed by atoms with Crippen LogP contribution in [-0.4, -0.2) is 0 Å². The van der Waals surface area contributed by atoms with Crippen molar-refractivity contribution in [1.29, 1.82) is 0 Å². The van der Waals surface area contributed by atoms with Crippen LogP contribution in [0.1, 0.15) is 36.5 Å². The molecule has 0 fully saturated rings. The molecule has 3 heteroatoms. The molecular weight excluding hydrogens is 206 g/mol. The first-order valence-corrected chi connectivity index (χ1v) is 4.89. The molecule has 1 aromatic rings. The Hall–Kier alpha value is -0.630. The Morgan fingerprint density at radius 3 is 1.93 bits per heavy atom. The van der Waals surface area contributed by atoms with E-state index < -0.39 is 11.6 Å². The summed E-state index contributed by atoms with van der Waals surface area (Å²) in [5, 5.41) is 0.344. The molecule has 0 aliphatic rings. The highest BCUT2D eigenvalue weighted by Crippen LogP contribution is 2.33. The molecule has 0 amide bonds. The average Bonchev–Trinajstić information content (AvgIpc) is 2.11. The van der Waals surface area contributed by atoms with Crippen LogP contribution in [0, 0.1) is 25.5 Å². The van der Waals surface area contributed by atoms with Crippen LogP contribution in [0.25, 0.3) is 0 Å². The molecule has 1 rings (SSSR count). The summed E-state index contributed by atoms with van der Waals surface area (Å²) in [5.41, 5.74) is 1.18. The maximum Gasteiger partial charge on any atom is 0.164 e. The Morgan fingerprint density at radius 1 is 1.00 bits per heavy atom. The van der Waals surface area contributed by atoms with Crippen LogP contribution >= 0.6 is 11.6 Å². The van der Waals surface area contributed by atoms with Crippen molar-refractivity contribution in [3.63, 3.8) is 0 Å². The lowest BCUT2D eigenvalue weighted by Crippen LogP contribution is -2.03. The van der Waals surface area contributed by atoms with E-state index in [0.717, 1.165) is 0 Å². The van der Waals surface area contributed by atoms with Crippen molar-refractivity contribution < 1.29 is 8.78 Å². The summed E-state index contributed by atoms with van der Waals surface area (Å²) in [6.45, 7) is 6.81. The Balaban J connectivity index is 3.60. The van der Waals surface area contributed by atoms with E-state index in [-0.39, 0.29) is 17.0 Å². The lowest BCUT2D eigenvalue weighted by Gasteiger charge is -2.14. The molecule has 1 aromatic carbocycles. The van der Waals surface area contributed by atoms with Gasteiger partial charge >= 0.3 is 0 Å². The molecule has 0 spiro atoms. The quantitative estimate of drug-likeness (QED) is 0.615. The molecule has 0 saturated carbocycles. The Morgan fingerprint density at radius 2 is 1.50 bits per heavy atom. The third kappa shape index (κ3) is 1.63. The fraction of sp³-hybridized carbons (Fsp3) is 0.455. The van der Waals surface area contributed by atoms with E-state index in [9.17, 15) is 8.78 Å². The lowest BCUT2D eigenvalue weighted by atomic mass is 9.97. The van der Waals surface area contributed by atoms with Gasteiger partial charge in [0.25, 0.3) is 0 Å². The van der Waals surface area contributed by atoms with E-state index in [2.05, 4.69) is 0 Å². The highest BCUT2D eigenvalue weighted by molar-refractivity contribution is 6.32. The van der Waals surface area contributed by atoms with E-state index in [0.29, 0.717) is 10.6 Å². The second kappa shape index (κ2) is 3.85. The van der Waals surface area contributed by atoms with Crippen LogP contribution in [0.4, 0.5) is 8.78 Å². The van der Waals surface area contributed by atoms with E-state index in [4.69, 9.17) is 11.6 Å². The van der Waals surface area contributed by atoms with Crippen molar-refractivity contribution in [1.82, 2.24) is 0 Å². The van der Waals surface area contributed by atoms with Crippen molar-refractivity contribution in [3.8, 4) is 0 Å². The molecule has 0 unspecified atom stereocenters. The SMILES string of the molecule is Cc1c(C)c(Cl)c(C(C)C)c(F)c1F. The number of hydrogen-bond acceptors (Lipinski definition) is 0. The molecular formula is C11H13ClF2. The predicted molar refractivity (Wildman–Crippen MR) is 54.9 cm³/mol. The van der Waals surface area contributed by atoms with E-state index in [1.54, 1.807) is 20.8 Å². The van der Waals surface area contributed by atoms with E-state index >= 15 is 0 Å². The summed E-state index contributed by atoms with van der Waals surface area (Å²) in [6, 6.07) is 0. The predicted octanol–water partition coefficient (Wildman–Crippen LogP) is 4.36. The van der Waals surface area contributed by atoms with Gasteiger partial charge in [-0.3, -0.25) is 0 Å². The van der Waals surface area contributed by atoms with Crippen molar-refractivity contribution in [3.05, 3.63) is 33.3 Å². The van der Waals surface area contributed by atoms with Gasteiger partial charge in [0.2, 0.25) is 0 Å². The smallest absolute Gasteiger partial charge is 0.164 e. The Kier molecular flexibility index (Phi) is 3.15. The minimum Gasteiger partial charge on any atom is -0.203 e. The lowest BCUT2D eigenvalue weighted by molar-refractivity contribution is 0.487. The van der Waals surface area contributed by atoms with Gasteiger partial charge in [0, 0.05) is 5.56 Å². The maximum atomic E-state index is 13.5. The summed E-state index contributed by atoms with van der Waals surface area (Å²) in [7, 11) is 0. The molecule has 0 aromatic heterocycles. The van der Waals surface area contributed by atoms with Crippen molar-refractivity contribution in [2.24, 2.45) is 0 Å². The van der Waals surface area contributed by atoms with Gasteiger partial charge in [0.15, 0.2) is 11.6 Å². The number of halogens is 3. The van der Waals surface area contributed by atoms with E-state index in [1.807, 2.05) is 0 Å². The van der Waals surface area contributed by atoms with Crippen LogP contribution in [0.2, 0.25) is 5.02 Å². The average molecular weight is 219 g/mol. The third-order valence-electron chi connectivity index (χ3n) is 2.46. The molecule has 0 nitrogen and oxygen atoms in total. The second-order valence-corrected chi connectivity index (χ2v) is 4.14. The summed E-state index contributed by atoms with van der Waals surface area (Å²) in [5.74, 6) is -1.71. The summed E-state index contributed by atoms with van der Waals surface area (Å²) in [6.07, 6.45) is 0. The number of benzene rings is 1. The van der Waals surface area contributed by atoms with Gasteiger partial charge in [0.05, 0.1) is 5.02 Å². The normalized spacial score (nSPS) is 11.1. The van der Waals surface area contributed by atoms with Gasteiger partial charge in [-0.25, -0.2) is 8.78 Å². The zero-order valence-electron chi connectivity index (χ0n) is 8.71. The summed E-state index contributed by atoms with van der Waals surface area (Å²) >= 11 is 5.96. The zero-order chi connectivity index (χ0) is 11.0. The van der Waals surface area contributed by atoms with Crippen LogP contribution < -0.4 is 0 Å². The Labute approximate surface area is 87.9 Å². The molecule has 0 heterocycles. The third-order valence-corrected chi connectivity index (χ3v) is 2.95.